The molecule has 0 saturated heterocycles. The molecule has 0 bridgehead atoms. The van der Waals surface area contributed by atoms with Gasteiger partial charge in [0.2, 0.25) is 0 Å². The number of benzene rings is 1. The summed E-state index contributed by atoms with van der Waals surface area (Å²) in [4.78, 5) is 0.871. The van der Waals surface area contributed by atoms with E-state index in [4.69, 9.17) is 0 Å². The van der Waals surface area contributed by atoms with Crippen LogP contribution in [0.25, 0.3) is 0 Å². The van der Waals surface area contributed by atoms with Gasteiger partial charge in [-0.3, -0.25) is 4.21 Å². The maximum absolute atomic E-state index is 11.3. The molecular formula is C12H19NOS. The van der Waals surface area contributed by atoms with E-state index in [0.29, 0.717) is 12.0 Å². The van der Waals surface area contributed by atoms with E-state index in [1.165, 1.54) is 0 Å². The largest absolute Gasteiger partial charge is 0.382 e. The molecule has 1 aromatic carbocycles. The van der Waals surface area contributed by atoms with Crippen LogP contribution in [0.15, 0.2) is 29.2 Å². The van der Waals surface area contributed by atoms with Gasteiger partial charge in [-0.1, -0.05) is 19.9 Å². The van der Waals surface area contributed by atoms with E-state index in [-0.39, 0.29) is 0 Å². The molecule has 2 unspecified atom stereocenters. The van der Waals surface area contributed by atoms with Crippen LogP contribution in [-0.2, 0) is 10.8 Å². The molecule has 2 nitrogen and oxygen atoms in total. The van der Waals surface area contributed by atoms with E-state index < -0.39 is 10.8 Å². The Bertz CT molecular complexity index is 349. The Hall–Kier alpha value is -0.830. The lowest BCUT2D eigenvalue weighted by Crippen LogP contribution is -2.21. The van der Waals surface area contributed by atoms with Crippen LogP contribution in [0.5, 0.6) is 0 Å². The first-order valence-corrected chi connectivity index (χ1v) is 6.76. The van der Waals surface area contributed by atoms with Gasteiger partial charge in [-0.15, -0.1) is 0 Å². The number of anilines is 1. The highest BCUT2D eigenvalue weighted by molar-refractivity contribution is 7.84. The lowest BCUT2D eigenvalue weighted by atomic mass is 10.1. The van der Waals surface area contributed by atoms with Crippen molar-refractivity contribution < 1.29 is 4.21 Å². The van der Waals surface area contributed by atoms with Crippen LogP contribution in [0.3, 0.4) is 0 Å². The van der Waals surface area contributed by atoms with Gasteiger partial charge in [0, 0.05) is 33.7 Å². The summed E-state index contributed by atoms with van der Waals surface area (Å²) < 4.78 is 11.3. The van der Waals surface area contributed by atoms with E-state index in [2.05, 4.69) is 26.1 Å². The standard InChI is InChI=1S/C12H19NOS/c1-9(2)10(3)13-11-6-5-7-12(8-11)15(4)14/h5-10,13H,1-4H3. The molecule has 0 fully saturated rings. The second-order valence-electron chi connectivity index (χ2n) is 4.16. The first-order chi connectivity index (χ1) is 7.00. The molecule has 0 aliphatic rings. The Balaban J connectivity index is 2.78. The summed E-state index contributed by atoms with van der Waals surface area (Å²) in [6.07, 6.45) is 1.70. The Morgan fingerprint density at radius 1 is 1.27 bits per heavy atom. The van der Waals surface area contributed by atoms with Crippen molar-refractivity contribution in [3.8, 4) is 0 Å². The van der Waals surface area contributed by atoms with Gasteiger partial charge < -0.3 is 5.32 Å². The molecule has 3 heteroatoms. The zero-order valence-corrected chi connectivity index (χ0v) is 10.6. The number of nitrogens with one attached hydrogen (secondary N) is 1. The third-order valence-corrected chi connectivity index (χ3v) is 3.48. The average molecular weight is 225 g/mol. The minimum atomic E-state index is -0.905. The maximum Gasteiger partial charge on any atom is 0.0498 e. The van der Waals surface area contributed by atoms with Crippen molar-refractivity contribution in [1.82, 2.24) is 0 Å². The molecule has 2 atom stereocenters. The summed E-state index contributed by atoms with van der Waals surface area (Å²) in [7, 11) is -0.905. The fourth-order valence-electron chi connectivity index (χ4n) is 1.19. The van der Waals surface area contributed by atoms with Gasteiger partial charge in [0.1, 0.15) is 0 Å². The Labute approximate surface area is 94.5 Å². The molecule has 0 spiro atoms. The zero-order chi connectivity index (χ0) is 11.4. The molecule has 15 heavy (non-hydrogen) atoms. The number of hydrogen-bond acceptors (Lipinski definition) is 2. The predicted molar refractivity (Wildman–Crippen MR) is 66.7 cm³/mol. The van der Waals surface area contributed by atoms with Gasteiger partial charge in [-0.25, -0.2) is 0 Å². The van der Waals surface area contributed by atoms with E-state index in [1.807, 2.05) is 24.3 Å². The van der Waals surface area contributed by atoms with Crippen LogP contribution in [-0.4, -0.2) is 16.5 Å². The molecule has 1 aromatic rings. The lowest BCUT2D eigenvalue weighted by Gasteiger charge is -2.19. The van der Waals surface area contributed by atoms with Gasteiger partial charge in [0.05, 0.1) is 0 Å². The smallest absolute Gasteiger partial charge is 0.0498 e. The molecular weight excluding hydrogens is 206 g/mol. The van der Waals surface area contributed by atoms with Crippen molar-refractivity contribution in [2.45, 2.75) is 31.7 Å². The number of hydrogen-bond donors (Lipinski definition) is 1. The molecule has 0 amide bonds. The summed E-state index contributed by atoms with van der Waals surface area (Å²) >= 11 is 0. The molecule has 0 saturated carbocycles. The van der Waals surface area contributed by atoms with Crippen molar-refractivity contribution >= 4 is 16.5 Å². The Morgan fingerprint density at radius 3 is 2.47 bits per heavy atom. The van der Waals surface area contributed by atoms with Crippen LogP contribution in [0.2, 0.25) is 0 Å². The van der Waals surface area contributed by atoms with Gasteiger partial charge in [-0.2, -0.15) is 0 Å². The molecule has 0 aliphatic carbocycles. The van der Waals surface area contributed by atoms with E-state index in [0.717, 1.165) is 10.6 Å². The van der Waals surface area contributed by atoms with Crippen LogP contribution < -0.4 is 5.32 Å². The first kappa shape index (κ1) is 12.2. The topological polar surface area (TPSA) is 29.1 Å². The monoisotopic (exact) mass is 225 g/mol. The molecule has 0 radical (unpaired) electrons. The minimum absolute atomic E-state index is 0.422. The summed E-state index contributed by atoms with van der Waals surface area (Å²) in [6.45, 7) is 6.51. The second-order valence-corrected chi connectivity index (χ2v) is 5.54. The Morgan fingerprint density at radius 2 is 1.93 bits per heavy atom. The molecule has 1 rings (SSSR count). The first-order valence-electron chi connectivity index (χ1n) is 5.20. The van der Waals surface area contributed by atoms with Crippen LogP contribution >= 0.6 is 0 Å². The fourth-order valence-corrected chi connectivity index (χ4v) is 1.76. The molecule has 0 aromatic heterocycles. The maximum atomic E-state index is 11.3. The summed E-state index contributed by atoms with van der Waals surface area (Å²) in [5.74, 6) is 0.584. The molecule has 1 N–H and O–H groups in total. The van der Waals surface area contributed by atoms with Crippen molar-refractivity contribution in [2.75, 3.05) is 11.6 Å². The van der Waals surface area contributed by atoms with Gasteiger partial charge in [0.25, 0.3) is 0 Å². The van der Waals surface area contributed by atoms with Crippen LogP contribution in [0.4, 0.5) is 5.69 Å². The van der Waals surface area contributed by atoms with Crippen LogP contribution in [0, 0.1) is 5.92 Å². The SMILES string of the molecule is CC(C)C(C)Nc1cccc(S(C)=O)c1. The summed E-state index contributed by atoms with van der Waals surface area (Å²) in [5, 5.41) is 3.40. The fraction of sp³-hybridized carbons (Fsp3) is 0.500. The van der Waals surface area contributed by atoms with Crippen molar-refractivity contribution in [2.24, 2.45) is 5.92 Å². The van der Waals surface area contributed by atoms with Gasteiger partial charge in [0.15, 0.2) is 0 Å². The molecule has 0 heterocycles. The Kier molecular flexibility index (Phi) is 4.33. The average Bonchev–Trinajstić information content (AvgIpc) is 2.18. The van der Waals surface area contributed by atoms with E-state index in [1.54, 1.807) is 6.26 Å². The van der Waals surface area contributed by atoms with Gasteiger partial charge in [-0.05, 0) is 31.0 Å². The van der Waals surface area contributed by atoms with E-state index >= 15 is 0 Å². The summed E-state index contributed by atoms with van der Waals surface area (Å²) in [6, 6.07) is 8.21. The number of rotatable bonds is 4. The highest BCUT2D eigenvalue weighted by atomic mass is 32.2. The second kappa shape index (κ2) is 5.31. The summed E-state index contributed by atoms with van der Waals surface area (Å²) in [5.41, 5.74) is 1.05. The predicted octanol–water partition coefficient (Wildman–Crippen LogP) is 2.88. The minimum Gasteiger partial charge on any atom is -0.382 e. The van der Waals surface area contributed by atoms with Gasteiger partial charge >= 0.3 is 0 Å². The highest BCUT2D eigenvalue weighted by Gasteiger charge is 2.07. The molecule has 0 aliphatic heterocycles. The van der Waals surface area contributed by atoms with Crippen molar-refractivity contribution in [3.05, 3.63) is 24.3 Å². The third kappa shape index (κ3) is 3.67. The normalized spacial score (nSPS) is 15.0. The quantitative estimate of drug-likeness (QED) is 0.853. The molecule has 84 valence electrons. The van der Waals surface area contributed by atoms with Crippen molar-refractivity contribution in [3.63, 3.8) is 0 Å². The third-order valence-electron chi connectivity index (χ3n) is 2.56. The lowest BCUT2D eigenvalue weighted by molar-refractivity contribution is 0.560. The van der Waals surface area contributed by atoms with Crippen LogP contribution in [0.1, 0.15) is 20.8 Å². The zero-order valence-electron chi connectivity index (χ0n) is 9.78. The van der Waals surface area contributed by atoms with E-state index in [9.17, 15) is 4.21 Å². The highest BCUT2D eigenvalue weighted by Crippen LogP contribution is 2.16. The van der Waals surface area contributed by atoms with Crippen molar-refractivity contribution in [1.29, 1.82) is 0 Å².